The van der Waals surface area contributed by atoms with Crippen LogP contribution in [-0.4, -0.2) is 15.5 Å². The van der Waals surface area contributed by atoms with Gasteiger partial charge in [0.25, 0.3) is 0 Å². The molecular weight excluding hydrogens is 322 g/mol. The lowest BCUT2D eigenvalue weighted by Crippen LogP contribution is -2.20. The molecule has 0 saturated heterocycles. The van der Waals surface area contributed by atoms with E-state index in [4.69, 9.17) is 4.74 Å². The summed E-state index contributed by atoms with van der Waals surface area (Å²) in [5.41, 5.74) is 3.03. The zero-order valence-electron chi connectivity index (χ0n) is 13.5. The third-order valence-corrected chi connectivity index (χ3v) is 6.59. The Kier molecular flexibility index (Phi) is 4.59. The highest BCUT2D eigenvalue weighted by molar-refractivity contribution is 7.90. The normalized spacial score (nSPS) is 16.9. The second kappa shape index (κ2) is 6.66. The Morgan fingerprint density at radius 1 is 1.25 bits per heavy atom. The number of sulfone groups is 1. The van der Waals surface area contributed by atoms with Crippen molar-refractivity contribution in [3.8, 4) is 11.8 Å². The Labute approximate surface area is 142 Å². The van der Waals surface area contributed by atoms with Crippen LogP contribution >= 0.6 is 0 Å². The van der Waals surface area contributed by atoms with E-state index in [2.05, 4.69) is 0 Å². The first-order valence-electron chi connectivity index (χ1n) is 7.91. The summed E-state index contributed by atoms with van der Waals surface area (Å²) in [4.78, 5) is 0. The Morgan fingerprint density at radius 3 is 2.79 bits per heavy atom. The molecule has 0 bridgehead atoms. The molecule has 0 N–H and O–H groups in total. The number of aryl methyl sites for hydroxylation is 1. The van der Waals surface area contributed by atoms with E-state index in [-0.39, 0.29) is 5.75 Å². The number of nitriles is 1. The maximum atomic E-state index is 13.0. The maximum absolute atomic E-state index is 13.0. The summed E-state index contributed by atoms with van der Waals surface area (Å²) >= 11 is 0. The zero-order chi connectivity index (χ0) is 17.2. The van der Waals surface area contributed by atoms with Crippen molar-refractivity contribution in [3.05, 3.63) is 64.7 Å². The van der Waals surface area contributed by atoms with Crippen molar-refractivity contribution in [2.75, 3.05) is 7.11 Å². The van der Waals surface area contributed by atoms with E-state index >= 15 is 0 Å². The number of hydrogen-bond acceptors (Lipinski definition) is 4. The van der Waals surface area contributed by atoms with Crippen LogP contribution in [0.2, 0.25) is 0 Å². The van der Waals surface area contributed by atoms with Crippen molar-refractivity contribution in [3.63, 3.8) is 0 Å². The number of benzene rings is 2. The molecule has 0 radical (unpaired) electrons. The van der Waals surface area contributed by atoms with E-state index in [0.717, 1.165) is 24.0 Å². The lowest BCUT2D eigenvalue weighted by molar-refractivity contribution is 0.413. The largest absolute Gasteiger partial charge is 0.495 e. The van der Waals surface area contributed by atoms with Crippen LogP contribution in [0, 0.1) is 11.3 Å². The fourth-order valence-corrected chi connectivity index (χ4v) is 5.34. The molecule has 0 aliphatic heterocycles. The number of rotatable bonds is 4. The van der Waals surface area contributed by atoms with E-state index in [1.165, 1.54) is 7.11 Å². The van der Waals surface area contributed by atoms with E-state index in [1.807, 2.05) is 30.3 Å². The molecule has 2 aromatic carbocycles. The maximum Gasteiger partial charge on any atom is 0.161 e. The van der Waals surface area contributed by atoms with Gasteiger partial charge in [-0.15, -0.1) is 0 Å². The minimum Gasteiger partial charge on any atom is -0.495 e. The predicted molar refractivity (Wildman–Crippen MR) is 92.5 cm³/mol. The van der Waals surface area contributed by atoms with Crippen LogP contribution in [0.4, 0.5) is 0 Å². The number of hydrogen-bond donors (Lipinski definition) is 0. The molecule has 124 valence electrons. The average molecular weight is 341 g/mol. The molecule has 0 fully saturated rings. The summed E-state index contributed by atoms with van der Waals surface area (Å²) < 4.78 is 31.0. The van der Waals surface area contributed by atoms with Gasteiger partial charge < -0.3 is 4.74 Å². The van der Waals surface area contributed by atoms with Gasteiger partial charge in [0.15, 0.2) is 9.84 Å². The predicted octanol–water partition coefficient (Wildman–Crippen LogP) is 3.56. The van der Waals surface area contributed by atoms with Crippen molar-refractivity contribution in [2.45, 2.75) is 30.3 Å². The van der Waals surface area contributed by atoms with Gasteiger partial charge in [0, 0.05) is 0 Å². The van der Waals surface area contributed by atoms with Gasteiger partial charge in [-0.3, -0.25) is 0 Å². The first-order valence-corrected chi connectivity index (χ1v) is 9.63. The lowest BCUT2D eigenvalue weighted by atomic mass is 9.91. The van der Waals surface area contributed by atoms with Gasteiger partial charge in [-0.2, -0.15) is 5.26 Å². The van der Waals surface area contributed by atoms with Crippen LogP contribution in [0.1, 0.15) is 40.3 Å². The monoisotopic (exact) mass is 341 g/mol. The molecule has 0 amide bonds. The molecule has 1 atom stereocenters. The third kappa shape index (κ3) is 3.15. The van der Waals surface area contributed by atoms with Gasteiger partial charge in [0.1, 0.15) is 11.8 Å². The quantitative estimate of drug-likeness (QED) is 0.853. The summed E-state index contributed by atoms with van der Waals surface area (Å²) in [5, 5.41) is 8.71. The van der Waals surface area contributed by atoms with Gasteiger partial charge in [-0.1, -0.05) is 30.3 Å². The molecule has 0 spiro atoms. The Hall–Kier alpha value is -2.32. The minimum atomic E-state index is -3.34. The molecule has 0 saturated carbocycles. The molecule has 3 rings (SSSR count). The highest BCUT2D eigenvalue weighted by atomic mass is 32.2. The SMILES string of the molecule is COc1ccc(CS(=O)(=O)C2CCCc3ccccc32)cc1C#N. The molecule has 5 heteroatoms. The van der Waals surface area contributed by atoms with Gasteiger partial charge in [-0.25, -0.2) is 8.42 Å². The zero-order valence-corrected chi connectivity index (χ0v) is 14.3. The standard InChI is InChI=1S/C19H19NO3S/c1-23-18-10-9-14(11-16(18)12-20)13-24(21,22)19-8-4-6-15-5-2-3-7-17(15)19/h2-3,5,7,9-11,19H,4,6,8,13H2,1H3. The van der Waals surface area contributed by atoms with Crippen molar-refractivity contribution >= 4 is 9.84 Å². The van der Waals surface area contributed by atoms with Gasteiger partial charge in [0.2, 0.25) is 0 Å². The molecular formula is C19H19NO3S. The number of ether oxygens (including phenoxy) is 1. The lowest BCUT2D eigenvalue weighted by Gasteiger charge is -2.25. The van der Waals surface area contributed by atoms with E-state index in [0.29, 0.717) is 23.3 Å². The van der Waals surface area contributed by atoms with Crippen LogP contribution in [0.15, 0.2) is 42.5 Å². The van der Waals surface area contributed by atoms with Crippen molar-refractivity contribution in [1.82, 2.24) is 0 Å². The van der Waals surface area contributed by atoms with Gasteiger partial charge in [0.05, 0.1) is 23.7 Å². The first-order chi connectivity index (χ1) is 11.5. The summed E-state index contributed by atoms with van der Waals surface area (Å²) in [5.74, 6) is 0.395. The molecule has 1 unspecified atom stereocenters. The summed E-state index contributed by atoms with van der Waals surface area (Å²) in [6.07, 6.45) is 2.47. The second-order valence-electron chi connectivity index (χ2n) is 6.03. The first kappa shape index (κ1) is 16.5. The van der Waals surface area contributed by atoms with Crippen molar-refractivity contribution in [2.24, 2.45) is 0 Å². The number of fused-ring (bicyclic) bond motifs is 1. The van der Waals surface area contributed by atoms with Gasteiger partial charge in [-0.05, 0) is 48.1 Å². The topological polar surface area (TPSA) is 67.2 Å². The number of nitrogens with zero attached hydrogens (tertiary/aromatic N) is 1. The Balaban J connectivity index is 1.92. The molecule has 2 aromatic rings. The fraction of sp³-hybridized carbons (Fsp3) is 0.316. The molecule has 0 heterocycles. The molecule has 24 heavy (non-hydrogen) atoms. The molecule has 1 aliphatic carbocycles. The highest BCUT2D eigenvalue weighted by Crippen LogP contribution is 2.37. The smallest absolute Gasteiger partial charge is 0.161 e. The summed E-state index contributed by atoms with van der Waals surface area (Å²) in [7, 11) is -1.85. The second-order valence-corrected chi connectivity index (χ2v) is 8.22. The highest BCUT2D eigenvalue weighted by Gasteiger charge is 2.31. The Bertz CT molecular complexity index is 897. The molecule has 4 nitrogen and oxygen atoms in total. The van der Waals surface area contributed by atoms with E-state index in [1.54, 1.807) is 18.2 Å². The average Bonchev–Trinajstić information content (AvgIpc) is 2.60. The summed E-state index contributed by atoms with van der Waals surface area (Å²) in [6, 6.07) is 14.8. The van der Waals surface area contributed by atoms with Crippen molar-refractivity contribution < 1.29 is 13.2 Å². The van der Waals surface area contributed by atoms with Gasteiger partial charge >= 0.3 is 0 Å². The third-order valence-electron chi connectivity index (χ3n) is 4.50. The molecule has 0 aromatic heterocycles. The van der Waals surface area contributed by atoms with Crippen LogP contribution < -0.4 is 4.74 Å². The van der Waals surface area contributed by atoms with Crippen LogP contribution in [0.25, 0.3) is 0 Å². The van der Waals surface area contributed by atoms with E-state index in [9.17, 15) is 13.7 Å². The fourth-order valence-electron chi connectivity index (χ4n) is 3.35. The van der Waals surface area contributed by atoms with Crippen LogP contribution in [-0.2, 0) is 22.0 Å². The Morgan fingerprint density at radius 2 is 2.04 bits per heavy atom. The number of methoxy groups -OCH3 is 1. The van der Waals surface area contributed by atoms with Crippen LogP contribution in [0.5, 0.6) is 5.75 Å². The molecule has 1 aliphatic rings. The van der Waals surface area contributed by atoms with Crippen molar-refractivity contribution in [1.29, 1.82) is 5.26 Å². The van der Waals surface area contributed by atoms with Crippen LogP contribution in [0.3, 0.4) is 0 Å². The summed E-state index contributed by atoms with van der Waals surface area (Å²) in [6.45, 7) is 0. The van der Waals surface area contributed by atoms with E-state index < -0.39 is 15.1 Å². The minimum absolute atomic E-state index is 0.0648.